The summed E-state index contributed by atoms with van der Waals surface area (Å²) in [6, 6.07) is 9.29. The summed E-state index contributed by atoms with van der Waals surface area (Å²) < 4.78 is 68.5. The lowest BCUT2D eigenvalue weighted by Crippen LogP contribution is -2.65. The molecule has 14 nitrogen and oxygen atoms in total. The third kappa shape index (κ3) is 9.43. The van der Waals surface area contributed by atoms with E-state index in [0.717, 1.165) is 5.56 Å². The van der Waals surface area contributed by atoms with Crippen LogP contribution in [0.2, 0.25) is 18.1 Å². The molecule has 0 amide bonds. The van der Waals surface area contributed by atoms with Gasteiger partial charge in [0.05, 0.1) is 13.2 Å². The van der Waals surface area contributed by atoms with Crippen molar-refractivity contribution in [3.63, 3.8) is 0 Å². The number of rotatable bonds is 12. The predicted molar refractivity (Wildman–Crippen MR) is 187 cm³/mol. The fraction of sp³-hybridized carbons (Fsp3) is 0.784. The van der Waals surface area contributed by atoms with E-state index in [1.165, 1.54) is 0 Å². The van der Waals surface area contributed by atoms with Crippen LogP contribution in [0, 0.1) is 0 Å². The van der Waals surface area contributed by atoms with Crippen LogP contribution < -0.4 is 0 Å². The van der Waals surface area contributed by atoms with Gasteiger partial charge >= 0.3 is 11.9 Å². The maximum Gasteiger partial charge on any atom is 0.306 e. The minimum absolute atomic E-state index is 0.0217. The van der Waals surface area contributed by atoms with Gasteiger partial charge in [-0.25, -0.2) is 0 Å². The number of hydrogen-bond acceptors (Lipinski definition) is 14. The zero-order valence-electron chi connectivity index (χ0n) is 32.3. The highest BCUT2D eigenvalue weighted by Crippen LogP contribution is 2.43. The second kappa shape index (κ2) is 16.0. The Bertz CT molecular complexity index is 1370. The van der Waals surface area contributed by atoms with E-state index in [9.17, 15) is 14.7 Å². The molecule has 4 fully saturated rings. The molecule has 5 rings (SSSR count). The lowest BCUT2D eigenvalue weighted by atomic mass is 9.97. The summed E-state index contributed by atoms with van der Waals surface area (Å²) in [6.45, 7) is 21.4. The minimum Gasteiger partial charge on any atom is -0.455 e. The third-order valence-corrected chi connectivity index (χ3v) is 14.6. The van der Waals surface area contributed by atoms with Gasteiger partial charge in [-0.1, -0.05) is 65.0 Å². The molecule has 0 radical (unpaired) electrons. The number of ether oxygens (including phenoxy) is 10. The van der Waals surface area contributed by atoms with Crippen molar-refractivity contribution in [3.8, 4) is 0 Å². The van der Waals surface area contributed by atoms with Gasteiger partial charge in [0.15, 0.2) is 44.7 Å². The van der Waals surface area contributed by atoms with E-state index in [2.05, 4.69) is 33.9 Å². The number of aliphatic hydroxyl groups excluding tert-OH is 1. The molecular weight excluding hydrogens is 696 g/mol. The molecule has 294 valence electrons. The molecule has 0 saturated carbocycles. The topological polar surface area (TPSA) is 156 Å². The summed E-state index contributed by atoms with van der Waals surface area (Å²) in [5.74, 6) is -3.27. The second-order valence-corrected chi connectivity index (χ2v) is 20.9. The summed E-state index contributed by atoms with van der Waals surface area (Å²) in [5, 5.41) is 11.8. The fourth-order valence-corrected chi connectivity index (χ4v) is 7.46. The summed E-state index contributed by atoms with van der Waals surface area (Å²) in [5.41, 5.74) is 0.749. The summed E-state index contributed by atoms with van der Waals surface area (Å²) in [7, 11) is -2.16. The van der Waals surface area contributed by atoms with E-state index in [-0.39, 0.29) is 31.1 Å². The van der Waals surface area contributed by atoms with E-state index in [1.54, 1.807) is 27.7 Å². The van der Waals surface area contributed by atoms with Crippen LogP contribution in [0.25, 0.3) is 0 Å². The van der Waals surface area contributed by atoms with Crippen molar-refractivity contribution in [3.05, 3.63) is 35.9 Å². The number of carbonyl (C=O) groups excluding carboxylic acids is 2. The number of benzene rings is 1. The SMILES string of the molecule is CCC(=O)O[C@@H]1[C@H](OC(=O)CC)[C@H](OC(O)[C@H]2OC(C)(C)O[C@H]2[C@@H]2OC(C)(C)O[C@@H]2CO[Si](C)(C)C(C)(C)C)O[C@@H]2COC(c3ccccc3)O[C@@H]12. The summed E-state index contributed by atoms with van der Waals surface area (Å²) in [4.78, 5) is 25.6. The number of hydrogen-bond donors (Lipinski definition) is 1. The highest BCUT2D eigenvalue weighted by atomic mass is 28.4. The second-order valence-electron chi connectivity index (χ2n) is 16.1. The van der Waals surface area contributed by atoms with E-state index in [1.807, 2.05) is 44.2 Å². The number of carbonyl (C=O) groups is 2. The van der Waals surface area contributed by atoms with Crippen LogP contribution in [0.3, 0.4) is 0 Å². The lowest BCUT2D eigenvalue weighted by Gasteiger charge is -2.48. The first-order valence-electron chi connectivity index (χ1n) is 18.3. The molecule has 15 heteroatoms. The van der Waals surface area contributed by atoms with Gasteiger partial charge < -0.3 is 56.9 Å². The largest absolute Gasteiger partial charge is 0.455 e. The van der Waals surface area contributed by atoms with Crippen molar-refractivity contribution in [2.75, 3.05) is 13.2 Å². The molecule has 4 heterocycles. The Morgan fingerprint density at radius 2 is 1.46 bits per heavy atom. The molecule has 1 N–H and O–H groups in total. The predicted octanol–water partition coefficient (Wildman–Crippen LogP) is 4.87. The van der Waals surface area contributed by atoms with Crippen LogP contribution in [-0.4, -0.2) is 112 Å². The van der Waals surface area contributed by atoms with Gasteiger partial charge in [0.1, 0.15) is 36.6 Å². The third-order valence-electron chi connectivity index (χ3n) is 10.1. The highest BCUT2D eigenvalue weighted by molar-refractivity contribution is 6.74. The molecule has 4 aliphatic heterocycles. The first-order chi connectivity index (χ1) is 24.2. The Kier molecular flexibility index (Phi) is 12.6. The van der Waals surface area contributed by atoms with Crippen molar-refractivity contribution in [1.82, 2.24) is 0 Å². The molecule has 52 heavy (non-hydrogen) atoms. The molecule has 1 aromatic carbocycles. The van der Waals surface area contributed by atoms with Crippen LogP contribution in [0.4, 0.5) is 0 Å². The van der Waals surface area contributed by atoms with Gasteiger partial charge in [0.2, 0.25) is 6.29 Å². The van der Waals surface area contributed by atoms with E-state index in [0.29, 0.717) is 0 Å². The van der Waals surface area contributed by atoms with Crippen LogP contribution in [0.1, 0.15) is 87.0 Å². The maximum atomic E-state index is 12.8. The highest BCUT2D eigenvalue weighted by Gasteiger charge is 2.59. The van der Waals surface area contributed by atoms with Crippen molar-refractivity contribution in [2.45, 2.75) is 173 Å². The fourth-order valence-electron chi connectivity index (χ4n) is 6.45. The van der Waals surface area contributed by atoms with Gasteiger partial charge in [-0.05, 0) is 45.8 Å². The molecule has 4 aliphatic rings. The molecule has 0 aromatic heterocycles. The molecule has 0 aliphatic carbocycles. The quantitative estimate of drug-likeness (QED) is 0.175. The Hall–Kier alpha value is -2.02. The van der Waals surface area contributed by atoms with Crippen LogP contribution in [0.5, 0.6) is 0 Å². The van der Waals surface area contributed by atoms with E-state index < -0.39 is 99.5 Å². The normalized spacial score (nSPS) is 35.1. The zero-order valence-corrected chi connectivity index (χ0v) is 33.3. The molecule has 4 saturated heterocycles. The van der Waals surface area contributed by atoms with Crippen molar-refractivity contribution in [2.24, 2.45) is 0 Å². The Balaban J connectivity index is 1.40. The average Bonchev–Trinajstić information content (AvgIpc) is 3.58. The van der Waals surface area contributed by atoms with Gasteiger partial charge in [0.25, 0.3) is 0 Å². The van der Waals surface area contributed by atoms with E-state index >= 15 is 0 Å². The first-order valence-corrected chi connectivity index (χ1v) is 21.2. The Morgan fingerprint density at radius 1 is 0.865 bits per heavy atom. The molecular formula is C37H58O14Si. The Morgan fingerprint density at radius 3 is 2.08 bits per heavy atom. The van der Waals surface area contributed by atoms with E-state index in [4.69, 9.17) is 51.8 Å². The molecule has 2 unspecified atom stereocenters. The summed E-state index contributed by atoms with van der Waals surface area (Å²) in [6.07, 6.45) is -11.3. The zero-order chi connectivity index (χ0) is 38.2. The number of aliphatic hydroxyl groups is 1. The monoisotopic (exact) mass is 754 g/mol. The van der Waals surface area contributed by atoms with Crippen molar-refractivity contribution < 1.29 is 66.5 Å². The first kappa shape index (κ1) is 41.1. The van der Waals surface area contributed by atoms with Crippen molar-refractivity contribution in [1.29, 1.82) is 0 Å². The molecule has 1 aromatic rings. The number of esters is 2. The van der Waals surface area contributed by atoms with Crippen LogP contribution >= 0.6 is 0 Å². The average molecular weight is 755 g/mol. The van der Waals surface area contributed by atoms with Crippen LogP contribution in [0.15, 0.2) is 30.3 Å². The molecule has 11 atom stereocenters. The van der Waals surface area contributed by atoms with Gasteiger partial charge in [-0.3, -0.25) is 9.59 Å². The van der Waals surface area contributed by atoms with Gasteiger partial charge in [0, 0.05) is 18.4 Å². The smallest absolute Gasteiger partial charge is 0.306 e. The maximum absolute atomic E-state index is 12.8. The summed E-state index contributed by atoms with van der Waals surface area (Å²) >= 11 is 0. The number of fused-ring (bicyclic) bond motifs is 1. The minimum atomic E-state index is -2.16. The van der Waals surface area contributed by atoms with Crippen molar-refractivity contribution >= 4 is 20.3 Å². The van der Waals surface area contributed by atoms with Gasteiger partial charge in [-0.15, -0.1) is 0 Å². The lowest BCUT2D eigenvalue weighted by molar-refractivity contribution is -0.382. The molecule has 0 spiro atoms. The molecule has 0 bridgehead atoms. The standard InChI is InChI=1S/C37H58O14Si/c1-12-24(38)44-28-26-22(19-41-33(46-26)21-17-15-14-16-18-21)43-34(31(28)45-25(39)13-2)47-32(40)30-29(50-37(8,9)51-30)27-23(48-36(6,7)49-27)20-42-52(10,11)35(3,4)5/h14-18,22-23,26-34,40H,12-13,19-20H2,1-11H3/t22-,23-,26-,27-,28+,29+,30+,31+,32?,33?,34+/m1/s1. The Labute approximate surface area is 308 Å². The van der Waals surface area contributed by atoms with Gasteiger partial charge in [-0.2, -0.15) is 0 Å². The van der Waals surface area contributed by atoms with Crippen LogP contribution in [-0.2, 0) is 61.4 Å².